The second kappa shape index (κ2) is 3.38. The lowest BCUT2D eigenvalue weighted by atomic mass is 10.3. The van der Waals surface area contributed by atoms with Crippen molar-refractivity contribution in [2.24, 2.45) is 0 Å². The molecule has 1 saturated carbocycles. The normalized spacial score (nSPS) is 15.8. The van der Waals surface area contributed by atoms with E-state index in [1.54, 1.807) is 10.9 Å². The highest BCUT2D eigenvalue weighted by Gasteiger charge is 2.26. The maximum atomic E-state index is 5.64. The van der Waals surface area contributed by atoms with Crippen molar-refractivity contribution in [2.45, 2.75) is 24.6 Å². The zero-order valence-electron chi connectivity index (χ0n) is 8.06. The first-order chi connectivity index (χ1) is 7.36. The van der Waals surface area contributed by atoms with Gasteiger partial charge in [-0.2, -0.15) is 14.8 Å². The predicted molar refractivity (Wildman–Crippen MR) is 55.2 cm³/mol. The number of rotatable bonds is 3. The van der Waals surface area contributed by atoms with E-state index >= 15 is 0 Å². The maximum Gasteiger partial charge on any atom is 0.322 e. The maximum absolute atomic E-state index is 5.64. The van der Waals surface area contributed by atoms with Gasteiger partial charge in [0.15, 0.2) is 0 Å². The van der Waals surface area contributed by atoms with Gasteiger partial charge < -0.3 is 4.42 Å². The molecule has 1 aliphatic carbocycles. The smallest absolute Gasteiger partial charge is 0.322 e. The van der Waals surface area contributed by atoms with Gasteiger partial charge in [-0.15, -0.1) is 11.6 Å². The molecule has 0 saturated heterocycles. The van der Waals surface area contributed by atoms with Crippen molar-refractivity contribution in [2.75, 3.05) is 0 Å². The molecule has 15 heavy (non-hydrogen) atoms. The number of hydrogen-bond donors (Lipinski definition) is 0. The average Bonchev–Trinajstić information content (AvgIpc) is 2.84. The lowest BCUT2D eigenvalue weighted by molar-refractivity contribution is 0.508. The number of nitrogens with zero attached hydrogens (tertiary/aromatic N) is 3. The number of oxazole rings is 1. The van der Waals surface area contributed by atoms with E-state index in [9.17, 15) is 0 Å². The summed E-state index contributed by atoms with van der Waals surface area (Å²) in [7, 11) is 0. The van der Waals surface area contributed by atoms with Crippen molar-refractivity contribution in [3.63, 3.8) is 0 Å². The standard InChI is InChI=1S/C10H10ClN3O/c11-5-8-6-15-10(12-8)14-4-3-9(13-14)7-1-2-7/h3-4,6-7H,1-2,5H2. The van der Waals surface area contributed by atoms with Gasteiger partial charge in [-0.1, -0.05) is 0 Å². The summed E-state index contributed by atoms with van der Waals surface area (Å²) >= 11 is 5.64. The minimum absolute atomic E-state index is 0.361. The summed E-state index contributed by atoms with van der Waals surface area (Å²) in [5, 5.41) is 4.41. The molecule has 0 spiro atoms. The van der Waals surface area contributed by atoms with Crippen LogP contribution in [0, 0.1) is 0 Å². The highest BCUT2D eigenvalue weighted by molar-refractivity contribution is 6.16. The van der Waals surface area contributed by atoms with Gasteiger partial charge in [0.25, 0.3) is 0 Å². The molecule has 4 nitrogen and oxygen atoms in total. The Labute approximate surface area is 91.9 Å². The van der Waals surface area contributed by atoms with Crippen LogP contribution in [0.1, 0.15) is 30.1 Å². The molecule has 3 rings (SSSR count). The van der Waals surface area contributed by atoms with Gasteiger partial charge in [0.05, 0.1) is 17.3 Å². The van der Waals surface area contributed by atoms with Crippen LogP contribution in [0.5, 0.6) is 0 Å². The van der Waals surface area contributed by atoms with E-state index in [0.717, 1.165) is 11.4 Å². The second-order valence-corrected chi connectivity index (χ2v) is 3.98. The number of halogens is 1. The molecule has 0 radical (unpaired) electrons. The molecule has 0 unspecified atom stereocenters. The number of alkyl halides is 1. The SMILES string of the molecule is ClCc1coc(-n2ccc(C3CC3)n2)n1. The molecular weight excluding hydrogens is 214 g/mol. The molecular formula is C10H10ClN3O. The van der Waals surface area contributed by atoms with Crippen LogP contribution in [-0.2, 0) is 5.88 Å². The van der Waals surface area contributed by atoms with Gasteiger partial charge in [-0.05, 0) is 18.9 Å². The van der Waals surface area contributed by atoms with Gasteiger partial charge in [0, 0.05) is 12.1 Å². The highest BCUT2D eigenvalue weighted by Crippen LogP contribution is 2.38. The van der Waals surface area contributed by atoms with Gasteiger partial charge in [0.2, 0.25) is 0 Å². The van der Waals surface area contributed by atoms with Crippen LogP contribution >= 0.6 is 11.6 Å². The van der Waals surface area contributed by atoms with Crippen LogP contribution in [0.3, 0.4) is 0 Å². The van der Waals surface area contributed by atoms with Crippen LogP contribution < -0.4 is 0 Å². The topological polar surface area (TPSA) is 43.9 Å². The van der Waals surface area contributed by atoms with Crippen molar-refractivity contribution in [3.05, 3.63) is 29.9 Å². The van der Waals surface area contributed by atoms with Crippen molar-refractivity contribution in [3.8, 4) is 6.01 Å². The largest absolute Gasteiger partial charge is 0.430 e. The Morgan fingerprint density at radius 2 is 2.40 bits per heavy atom. The molecule has 0 atom stereocenters. The molecule has 1 aliphatic rings. The molecule has 0 aromatic carbocycles. The monoisotopic (exact) mass is 223 g/mol. The Morgan fingerprint density at radius 3 is 3.07 bits per heavy atom. The van der Waals surface area contributed by atoms with E-state index in [1.165, 1.54) is 12.8 Å². The lowest BCUT2D eigenvalue weighted by Crippen LogP contribution is -1.96. The Kier molecular flexibility index (Phi) is 2.02. The first-order valence-corrected chi connectivity index (χ1v) is 5.46. The van der Waals surface area contributed by atoms with E-state index in [4.69, 9.17) is 16.0 Å². The molecule has 0 N–H and O–H groups in total. The third kappa shape index (κ3) is 1.65. The molecule has 2 aromatic heterocycles. The van der Waals surface area contributed by atoms with E-state index in [2.05, 4.69) is 10.1 Å². The molecule has 78 valence electrons. The van der Waals surface area contributed by atoms with Crippen molar-refractivity contribution in [1.29, 1.82) is 0 Å². The zero-order chi connectivity index (χ0) is 10.3. The first-order valence-electron chi connectivity index (χ1n) is 4.93. The van der Waals surface area contributed by atoms with Gasteiger partial charge in [-0.25, -0.2) is 0 Å². The Bertz CT molecular complexity index is 472. The summed E-state index contributed by atoms with van der Waals surface area (Å²) < 4.78 is 6.92. The molecule has 0 aliphatic heterocycles. The Hall–Kier alpha value is -1.29. The van der Waals surface area contributed by atoms with Gasteiger partial charge in [0.1, 0.15) is 6.26 Å². The quantitative estimate of drug-likeness (QED) is 0.751. The van der Waals surface area contributed by atoms with E-state index in [-0.39, 0.29) is 0 Å². The molecule has 0 bridgehead atoms. The number of hydrogen-bond acceptors (Lipinski definition) is 3. The minimum atomic E-state index is 0.361. The first kappa shape index (κ1) is 8.97. The summed E-state index contributed by atoms with van der Waals surface area (Å²) in [5.41, 5.74) is 1.86. The number of aromatic nitrogens is 3. The second-order valence-electron chi connectivity index (χ2n) is 3.71. The lowest BCUT2D eigenvalue weighted by Gasteiger charge is -1.92. The van der Waals surface area contributed by atoms with Crippen molar-refractivity contribution < 1.29 is 4.42 Å². The van der Waals surface area contributed by atoms with E-state index < -0.39 is 0 Å². The molecule has 2 aromatic rings. The van der Waals surface area contributed by atoms with Crippen molar-refractivity contribution >= 4 is 11.6 Å². The Balaban J connectivity index is 1.90. The third-order valence-electron chi connectivity index (χ3n) is 2.48. The molecule has 5 heteroatoms. The summed E-state index contributed by atoms with van der Waals surface area (Å²) in [4.78, 5) is 4.19. The predicted octanol–water partition coefficient (Wildman–Crippen LogP) is 2.48. The fourth-order valence-corrected chi connectivity index (χ4v) is 1.63. The third-order valence-corrected chi connectivity index (χ3v) is 2.75. The van der Waals surface area contributed by atoms with Crippen LogP contribution in [-0.4, -0.2) is 14.8 Å². The van der Waals surface area contributed by atoms with Crippen LogP contribution in [0.15, 0.2) is 22.9 Å². The fraction of sp³-hybridized carbons (Fsp3) is 0.400. The average molecular weight is 224 g/mol. The van der Waals surface area contributed by atoms with Gasteiger partial charge >= 0.3 is 6.01 Å². The molecule has 0 amide bonds. The Morgan fingerprint density at radius 1 is 1.53 bits per heavy atom. The fourth-order valence-electron chi connectivity index (χ4n) is 1.50. The van der Waals surface area contributed by atoms with Crippen LogP contribution in [0.25, 0.3) is 6.01 Å². The summed E-state index contributed by atoms with van der Waals surface area (Å²) in [6.45, 7) is 0. The summed E-state index contributed by atoms with van der Waals surface area (Å²) in [6.07, 6.45) is 5.92. The molecule has 1 fully saturated rings. The van der Waals surface area contributed by atoms with E-state index in [0.29, 0.717) is 17.8 Å². The van der Waals surface area contributed by atoms with E-state index in [1.807, 2.05) is 12.3 Å². The van der Waals surface area contributed by atoms with Crippen molar-refractivity contribution in [1.82, 2.24) is 14.8 Å². The summed E-state index contributed by atoms with van der Waals surface area (Å²) in [5.74, 6) is 1.01. The van der Waals surface area contributed by atoms with Crippen LogP contribution in [0.2, 0.25) is 0 Å². The van der Waals surface area contributed by atoms with Gasteiger partial charge in [-0.3, -0.25) is 0 Å². The molecule has 2 heterocycles. The van der Waals surface area contributed by atoms with Crippen LogP contribution in [0.4, 0.5) is 0 Å². The zero-order valence-corrected chi connectivity index (χ0v) is 8.81. The summed E-state index contributed by atoms with van der Waals surface area (Å²) in [6, 6.07) is 2.50. The highest BCUT2D eigenvalue weighted by atomic mass is 35.5. The minimum Gasteiger partial charge on any atom is -0.430 e.